The number of epoxide rings is 1. The Hall–Kier alpha value is -0.550. The summed E-state index contributed by atoms with van der Waals surface area (Å²) >= 11 is 0. The molecule has 0 amide bonds. The molecule has 1 saturated carbocycles. The van der Waals surface area contributed by atoms with Gasteiger partial charge >= 0.3 is 0 Å². The molecule has 0 radical (unpaired) electrons. The van der Waals surface area contributed by atoms with E-state index in [1.54, 1.807) is 0 Å². The molecule has 13 heavy (non-hydrogen) atoms. The van der Waals surface area contributed by atoms with Crippen molar-refractivity contribution in [3.05, 3.63) is 0 Å². The van der Waals surface area contributed by atoms with Crippen LogP contribution < -0.4 is 0 Å². The molecule has 0 aromatic heterocycles. The number of rotatable bonds is 0. The third-order valence-corrected chi connectivity index (χ3v) is 3.34. The van der Waals surface area contributed by atoms with Crippen LogP contribution >= 0.6 is 0 Å². The minimum absolute atomic E-state index is 0.209. The standard InChI is InChI=1S/C11H17NO/c1-11(2,3)9-7(6-12)4-5-8-10(9)13-8/h7-10H,4-5H2,1-3H3. The van der Waals surface area contributed by atoms with Crippen LogP contribution in [0.2, 0.25) is 0 Å². The van der Waals surface area contributed by atoms with Gasteiger partial charge in [0.05, 0.1) is 24.2 Å². The minimum atomic E-state index is 0.209. The average Bonchev–Trinajstić information content (AvgIpc) is 2.78. The third-order valence-electron chi connectivity index (χ3n) is 3.34. The third kappa shape index (κ3) is 1.46. The lowest BCUT2D eigenvalue weighted by atomic mass is 9.67. The lowest BCUT2D eigenvalue weighted by Gasteiger charge is -2.35. The molecule has 4 unspecified atom stereocenters. The van der Waals surface area contributed by atoms with Crippen LogP contribution in [0.15, 0.2) is 0 Å². The van der Waals surface area contributed by atoms with Gasteiger partial charge in [-0.15, -0.1) is 0 Å². The predicted molar refractivity (Wildman–Crippen MR) is 49.9 cm³/mol. The molecule has 0 spiro atoms. The minimum Gasteiger partial charge on any atom is -0.369 e. The second-order valence-corrected chi connectivity index (χ2v) is 5.34. The summed E-state index contributed by atoms with van der Waals surface area (Å²) in [5, 5.41) is 9.06. The predicted octanol–water partition coefficient (Wildman–Crippen LogP) is 2.35. The van der Waals surface area contributed by atoms with Gasteiger partial charge in [-0.2, -0.15) is 5.26 Å². The molecule has 2 nitrogen and oxygen atoms in total. The molecule has 0 aromatic rings. The Morgan fingerprint density at radius 3 is 2.54 bits per heavy atom. The zero-order chi connectivity index (χ0) is 9.64. The Kier molecular flexibility index (Phi) is 1.89. The Balaban J connectivity index is 2.17. The number of nitriles is 1. The van der Waals surface area contributed by atoms with Crippen molar-refractivity contribution in [2.75, 3.05) is 0 Å². The maximum atomic E-state index is 9.06. The average molecular weight is 179 g/mol. The van der Waals surface area contributed by atoms with Crippen molar-refractivity contribution in [2.45, 2.75) is 45.8 Å². The van der Waals surface area contributed by atoms with Gasteiger partial charge in [0.15, 0.2) is 0 Å². The van der Waals surface area contributed by atoms with Crippen LogP contribution in [0.5, 0.6) is 0 Å². The van der Waals surface area contributed by atoms with Gasteiger partial charge in [-0.05, 0) is 18.3 Å². The van der Waals surface area contributed by atoms with E-state index in [4.69, 9.17) is 10.00 Å². The number of nitrogens with zero attached hydrogens (tertiary/aromatic N) is 1. The second-order valence-electron chi connectivity index (χ2n) is 5.34. The van der Waals surface area contributed by atoms with Gasteiger partial charge < -0.3 is 4.74 Å². The molecule has 0 N–H and O–H groups in total. The first-order chi connectivity index (χ1) is 6.04. The van der Waals surface area contributed by atoms with Crippen LogP contribution in [-0.4, -0.2) is 12.2 Å². The maximum Gasteiger partial charge on any atom is 0.0887 e. The van der Waals surface area contributed by atoms with Crippen molar-refractivity contribution in [1.29, 1.82) is 5.26 Å². The monoisotopic (exact) mass is 179 g/mol. The van der Waals surface area contributed by atoms with Crippen molar-refractivity contribution in [3.8, 4) is 6.07 Å². The molecule has 2 rings (SSSR count). The van der Waals surface area contributed by atoms with Crippen molar-refractivity contribution < 1.29 is 4.74 Å². The largest absolute Gasteiger partial charge is 0.369 e. The fourth-order valence-electron chi connectivity index (χ4n) is 2.70. The number of fused-ring (bicyclic) bond motifs is 1. The van der Waals surface area contributed by atoms with Crippen molar-refractivity contribution in [2.24, 2.45) is 17.3 Å². The van der Waals surface area contributed by atoms with Crippen molar-refractivity contribution in [3.63, 3.8) is 0 Å². The lowest BCUT2D eigenvalue weighted by molar-refractivity contribution is 0.137. The van der Waals surface area contributed by atoms with Crippen LogP contribution in [0.4, 0.5) is 0 Å². The van der Waals surface area contributed by atoms with Crippen LogP contribution in [0.25, 0.3) is 0 Å². The fourth-order valence-corrected chi connectivity index (χ4v) is 2.70. The quantitative estimate of drug-likeness (QED) is 0.535. The highest BCUT2D eigenvalue weighted by Gasteiger charge is 2.55. The summed E-state index contributed by atoms with van der Waals surface area (Å²) in [6.45, 7) is 6.64. The number of hydrogen-bond acceptors (Lipinski definition) is 2. The van der Waals surface area contributed by atoms with Crippen LogP contribution in [-0.2, 0) is 4.74 Å². The first-order valence-electron chi connectivity index (χ1n) is 5.09. The molecule has 2 aliphatic rings. The summed E-state index contributed by atoms with van der Waals surface area (Å²) in [6.07, 6.45) is 2.99. The smallest absolute Gasteiger partial charge is 0.0887 e. The van der Waals surface area contributed by atoms with E-state index in [9.17, 15) is 0 Å². The van der Waals surface area contributed by atoms with Gasteiger partial charge in [0.1, 0.15) is 0 Å². The molecule has 4 atom stereocenters. The van der Waals surface area contributed by atoms with E-state index in [0.29, 0.717) is 18.1 Å². The van der Waals surface area contributed by atoms with E-state index in [1.807, 2.05) is 0 Å². The SMILES string of the molecule is CC(C)(C)C1C(C#N)CCC2OC21. The molecular formula is C11H17NO. The van der Waals surface area contributed by atoms with Gasteiger partial charge in [-0.3, -0.25) is 0 Å². The topological polar surface area (TPSA) is 36.3 Å². The fraction of sp³-hybridized carbons (Fsp3) is 0.909. The molecular weight excluding hydrogens is 162 g/mol. The highest BCUT2D eigenvalue weighted by Crippen LogP contribution is 2.50. The Morgan fingerprint density at radius 1 is 1.31 bits per heavy atom. The summed E-state index contributed by atoms with van der Waals surface area (Å²) in [7, 11) is 0. The van der Waals surface area contributed by atoms with E-state index in [2.05, 4.69) is 26.8 Å². The zero-order valence-electron chi connectivity index (χ0n) is 8.58. The van der Waals surface area contributed by atoms with Gasteiger partial charge in [0.25, 0.3) is 0 Å². The highest BCUT2D eigenvalue weighted by atomic mass is 16.6. The second kappa shape index (κ2) is 2.72. The van der Waals surface area contributed by atoms with E-state index < -0.39 is 0 Å². The molecule has 1 aliphatic carbocycles. The van der Waals surface area contributed by atoms with Crippen LogP contribution in [0.3, 0.4) is 0 Å². The maximum absolute atomic E-state index is 9.06. The molecule has 1 heterocycles. The molecule has 1 saturated heterocycles. The molecule has 0 bridgehead atoms. The zero-order valence-corrected chi connectivity index (χ0v) is 8.58. The Labute approximate surface area is 79.9 Å². The Morgan fingerprint density at radius 2 is 2.00 bits per heavy atom. The first-order valence-corrected chi connectivity index (χ1v) is 5.09. The molecule has 72 valence electrons. The van der Waals surface area contributed by atoms with Crippen LogP contribution in [0.1, 0.15) is 33.6 Å². The lowest BCUT2D eigenvalue weighted by Crippen LogP contribution is -2.35. The molecule has 1 aliphatic heterocycles. The van der Waals surface area contributed by atoms with E-state index in [1.165, 1.54) is 0 Å². The van der Waals surface area contributed by atoms with Gasteiger partial charge in [-0.25, -0.2) is 0 Å². The van der Waals surface area contributed by atoms with Gasteiger partial charge in [0, 0.05) is 5.92 Å². The number of ether oxygens (including phenoxy) is 1. The Bertz CT molecular complexity index is 248. The van der Waals surface area contributed by atoms with E-state index >= 15 is 0 Å². The van der Waals surface area contributed by atoms with E-state index in [-0.39, 0.29) is 11.3 Å². The number of hydrogen-bond donors (Lipinski definition) is 0. The van der Waals surface area contributed by atoms with Crippen molar-refractivity contribution >= 4 is 0 Å². The van der Waals surface area contributed by atoms with Crippen molar-refractivity contribution in [1.82, 2.24) is 0 Å². The van der Waals surface area contributed by atoms with E-state index in [0.717, 1.165) is 12.8 Å². The molecule has 0 aromatic carbocycles. The summed E-state index contributed by atoms with van der Waals surface area (Å²) in [4.78, 5) is 0. The first kappa shape index (κ1) is 9.02. The summed E-state index contributed by atoms with van der Waals surface area (Å²) in [5.41, 5.74) is 0.209. The molecule has 2 fully saturated rings. The summed E-state index contributed by atoms with van der Waals surface area (Å²) < 4.78 is 5.60. The highest BCUT2D eigenvalue weighted by molar-refractivity contribution is 5.07. The molecule has 2 heteroatoms. The van der Waals surface area contributed by atoms with Gasteiger partial charge in [0.2, 0.25) is 0 Å². The summed E-state index contributed by atoms with van der Waals surface area (Å²) in [5.74, 6) is 0.653. The van der Waals surface area contributed by atoms with Crippen LogP contribution in [0, 0.1) is 28.6 Å². The van der Waals surface area contributed by atoms with Gasteiger partial charge in [-0.1, -0.05) is 20.8 Å². The summed E-state index contributed by atoms with van der Waals surface area (Å²) in [6, 6.07) is 2.44. The normalized spacial score (nSPS) is 43.5.